The maximum Gasteiger partial charge on any atom is 0.335 e. The van der Waals surface area contributed by atoms with Crippen molar-refractivity contribution in [2.45, 2.75) is 150 Å². The molecule has 8 fully saturated rings. The summed E-state index contributed by atoms with van der Waals surface area (Å²) < 4.78 is 17.5. The summed E-state index contributed by atoms with van der Waals surface area (Å²) in [6, 6.07) is 28.6. The Balaban J connectivity index is 0.000000217. The number of aliphatic hydroxyl groups is 4. The van der Waals surface area contributed by atoms with Gasteiger partial charge in [0, 0.05) is 98.2 Å². The van der Waals surface area contributed by atoms with Gasteiger partial charge in [-0.05, 0) is 157 Å². The number of hydrogen-bond acceptors (Lipinski definition) is 17. The molecular formula is C78H106N6O14. The summed E-state index contributed by atoms with van der Waals surface area (Å²) in [5.41, 5.74) is 8.32. The topological polar surface area (TPSA) is 253 Å². The number of carboxylic acid groups (broad SMARTS) is 1. The highest BCUT2D eigenvalue weighted by Gasteiger charge is 2.59. The first-order valence-corrected chi connectivity index (χ1v) is 34.9. The number of hydrogen-bond donors (Lipinski definition) is 7. The minimum Gasteiger partial charge on any atom is -0.496 e. The number of rotatable bonds is 25. The number of carboxylic acids is 1. The molecule has 5 aromatic carbocycles. The zero-order valence-electron chi connectivity index (χ0n) is 60.0. The van der Waals surface area contributed by atoms with Gasteiger partial charge in [0.2, 0.25) is 5.91 Å². The van der Waals surface area contributed by atoms with Crippen LogP contribution in [0.15, 0.2) is 97.1 Å². The lowest BCUT2D eigenvalue weighted by molar-refractivity contribution is -0.183. The van der Waals surface area contributed by atoms with Crippen LogP contribution in [-0.4, -0.2) is 171 Å². The molecule has 532 valence electrons. The maximum atomic E-state index is 14.4. The minimum absolute atomic E-state index is 0.0363. The maximum absolute atomic E-state index is 14.4. The first-order valence-electron chi connectivity index (χ1n) is 34.9. The second-order valence-corrected chi connectivity index (χ2v) is 30.2. The highest BCUT2D eigenvalue weighted by molar-refractivity contribution is 5.97. The van der Waals surface area contributed by atoms with Crippen molar-refractivity contribution in [3.63, 3.8) is 0 Å². The molecule has 20 nitrogen and oxygen atoms in total. The van der Waals surface area contributed by atoms with Crippen molar-refractivity contribution >= 4 is 34.9 Å². The fraction of sp³-hybridized carbons (Fsp3) is 0.564. The van der Waals surface area contributed by atoms with Crippen LogP contribution >= 0.6 is 0 Å². The fourth-order valence-electron chi connectivity index (χ4n) is 17.7. The highest BCUT2D eigenvalue weighted by atomic mass is 16.7. The molecular weight excluding hydrogens is 1240 g/mol. The average Bonchev–Trinajstić information content (AvgIpc) is 0.934. The molecule has 13 rings (SSSR count). The van der Waals surface area contributed by atoms with Crippen LogP contribution in [0, 0.1) is 64.1 Å². The van der Waals surface area contributed by atoms with Crippen LogP contribution in [0.5, 0.6) is 17.2 Å². The number of fused-ring (bicyclic) bond motifs is 4. The number of hydroxylamine groups is 4. The van der Waals surface area contributed by atoms with E-state index in [1.165, 1.54) is 12.8 Å². The number of aromatic carboxylic acids is 1. The lowest BCUT2D eigenvalue weighted by Gasteiger charge is -2.62. The van der Waals surface area contributed by atoms with E-state index < -0.39 is 54.3 Å². The highest BCUT2D eigenvalue weighted by Crippen LogP contribution is 2.64. The lowest BCUT2D eigenvalue weighted by atomic mass is 9.43. The number of ketones is 1. The van der Waals surface area contributed by atoms with Crippen molar-refractivity contribution in [1.29, 1.82) is 0 Å². The van der Waals surface area contributed by atoms with Crippen LogP contribution < -0.4 is 34.6 Å². The first kappa shape index (κ1) is 73.6. The summed E-state index contributed by atoms with van der Waals surface area (Å²) in [5, 5.41) is 61.7. The van der Waals surface area contributed by atoms with Crippen molar-refractivity contribution < 1.29 is 68.6 Å². The summed E-state index contributed by atoms with van der Waals surface area (Å²) in [5.74, 6) is 2.72. The SMILES string of the molecule is COc1c(CN2O[C@@H](CO)[C@H]([C@H](C)O)[C@H]2C(=O)N[C@H]2C[C@H]3C[C@@H]([C@@H]2C)C3(C)C)cccc1-c1cc(C(=O)O)cc(N(C)C)c1.COc1ccccc1CCNC(=O)c1cc(-c2cccc(CN3O[C@@H](CO)[C@@H]([C@H](C)O)[C@H]3C(=O)C[C@H]3C[C@H]4C[C@@H]([C@@H]3C)C4(C)C)c2OC)cc(N(C)C)c1. The Bertz CT molecular complexity index is 3670. The molecule has 20 heteroatoms. The molecule has 16 atom stereocenters. The van der Waals surface area contributed by atoms with E-state index in [0.29, 0.717) is 94.1 Å². The van der Waals surface area contributed by atoms with Crippen LogP contribution in [0.3, 0.4) is 0 Å². The molecule has 2 amide bonds. The van der Waals surface area contributed by atoms with Crippen LogP contribution in [-0.2, 0) is 38.8 Å². The van der Waals surface area contributed by atoms with Gasteiger partial charge in [-0.3, -0.25) is 24.1 Å². The molecule has 0 radical (unpaired) electrons. The Morgan fingerprint density at radius 1 is 0.622 bits per heavy atom. The van der Waals surface area contributed by atoms with E-state index in [1.807, 2.05) is 123 Å². The van der Waals surface area contributed by atoms with Gasteiger partial charge >= 0.3 is 5.97 Å². The zero-order valence-corrected chi connectivity index (χ0v) is 60.0. The molecule has 4 bridgehead atoms. The second kappa shape index (κ2) is 30.4. The predicted octanol–water partition coefficient (Wildman–Crippen LogP) is 9.95. The molecule has 6 aliphatic carbocycles. The number of nitrogens with one attached hydrogen (secondary N) is 2. The van der Waals surface area contributed by atoms with Gasteiger partial charge in [0.25, 0.3) is 5.91 Å². The summed E-state index contributed by atoms with van der Waals surface area (Å²) in [7, 11) is 12.4. The zero-order chi connectivity index (χ0) is 71.0. The molecule has 2 saturated heterocycles. The third-order valence-corrected chi connectivity index (χ3v) is 23.6. The Morgan fingerprint density at radius 2 is 1.11 bits per heavy atom. The summed E-state index contributed by atoms with van der Waals surface area (Å²) in [4.78, 5) is 70.2. The van der Waals surface area contributed by atoms with Gasteiger partial charge in [-0.1, -0.05) is 96.1 Å². The smallest absolute Gasteiger partial charge is 0.335 e. The fourth-order valence-corrected chi connectivity index (χ4v) is 17.7. The van der Waals surface area contributed by atoms with Crippen LogP contribution in [0.2, 0.25) is 0 Å². The first-order chi connectivity index (χ1) is 46.6. The van der Waals surface area contributed by atoms with Crippen molar-refractivity contribution in [3.8, 4) is 39.5 Å². The van der Waals surface area contributed by atoms with Crippen LogP contribution in [0.25, 0.3) is 22.3 Å². The van der Waals surface area contributed by atoms with Crippen molar-refractivity contribution in [3.05, 3.63) is 125 Å². The molecule has 0 aromatic heterocycles. The second-order valence-electron chi connectivity index (χ2n) is 30.2. The van der Waals surface area contributed by atoms with E-state index in [-0.39, 0.29) is 66.8 Å². The number of Topliss-reactive ketones (excluding diaryl/α,β-unsaturated/α-hetero) is 1. The van der Waals surface area contributed by atoms with Crippen molar-refractivity contribution in [2.24, 2.45) is 64.1 Å². The number of benzene rings is 5. The number of anilines is 2. The number of nitrogens with zero attached hydrogens (tertiary/aromatic N) is 4. The standard InChI is InChI=1S/C44H59N3O7.C34H47N3O7/c1-26-30(19-33-23-36(26)44(33,3)4)22-37(50)41-40(27(2)49)39(25-48)54-47(41)24-29-13-11-14-35(42(29)53-8)31-18-32(21-34(20-31)46(5)6)43(51)45-17-16-28-12-9-10-15-38(28)52-7;1-18-26-14-23(34(26,3)4)15-27(18)35-32(40)30-29(19(2)39)28(17-38)44-37(30)16-20-9-8-10-25(31(20)43-7)21-11-22(33(41)42)13-24(12-21)36(5)6/h9-15,18,20-21,26-27,30,33,36,39-41,48-49H,16-17,19,22-25H2,1-8H3,(H,45,51);8-13,18-19,23,26-30,38-39H,14-17H2,1-7H3,(H,35,40)(H,41,42)/t26-,27+,30-,33+,36+,39+,40-,41-;18-,19-,23+,26-,27-,28-,29-,30-/m10/s1. The van der Waals surface area contributed by atoms with Gasteiger partial charge < -0.3 is 60.2 Å². The molecule has 7 N–H and O–H groups in total. The average molecular weight is 1350 g/mol. The number of ether oxygens (including phenoxy) is 3. The van der Waals surface area contributed by atoms with Gasteiger partial charge in [0.15, 0.2) is 5.78 Å². The molecule has 6 saturated carbocycles. The van der Waals surface area contributed by atoms with E-state index in [4.69, 9.17) is 23.9 Å². The lowest BCUT2D eigenvalue weighted by Crippen LogP contribution is -2.62. The Hall–Kier alpha value is -7.14. The molecule has 98 heavy (non-hydrogen) atoms. The Kier molecular flexibility index (Phi) is 22.8. The molecule has 0 spiro atoms. The number of amides is 2. The monoisotopic (exact) mass is 1350 g/mol. The number of carbonyl (C=O) groups excluding carboxylic acids is 3. The van der Waals surface area contributed by atoms with Gasteiger partial charge in [0.1, 0.15) is 41.5 Å². The third-order valence-electron chi connectivity index (χ3n) is 23.6. The Labute approximate surface area is 578 Å². The van der Waals surface area contributed by atoms with Gasteiger partial charge in [-0.25, -0.2) is 4.79 Å². The van der Waals surface area contributed by atoms with E-state index in [9.17, 15) is 44.7 Å². The number of aliphatic hydroxyl groups excluding tert-OH is 4. The van der Waals surface area contributed by atoms with E-state index in [2.05, 4.69) is 52.2 Å². The van der Waals surface area contributed by atoms with Crippen LogP contribution in [0.4, 0.5) is 11.4 Å². The van der Waals surface area contributed by atoms with Gasteiger partial charge in [-0.2, -0.15) is 10.1 Å². The quantitative estimate of drug-likeness (QED) is 0.0287. The van der Waals surface area contributed by atoms with Gasteiger partial charge in [-0.15, -0.1) is 0 Å². The molecule has 8 aliphatic rings. The Morgan fingerprint density at radius 3 is 1.59 bits per heavy atom. The summed E-state index contributed by atoms with van der Waals surface area (Å²) in [6.45, 7) is 17.3. The number of carbonyl (C=O) groups is 4. The molecule has 2 aliphatic heterocycles. The minimum atomic E-state index is -1.03. The summed E-state index contributed by atoms with van der Waals surface area (Å²) in [6.07, 6.45) is 2.21. The largest absolute Gasteiger partial charge is 0.496 e. The molecule has 2 heterocycles. The van der Waals surface area contributed by atoms with E-state index >= 15 is 0 Å². The number of para-hydroxylation sites is 3. The van der Waals surface area contributed by atoms with Gasteiger partial charge in [0.05, 0.1) is 65.4 Å². The van der Waals surface area contributed by atoms with Crippen LogP contribution in [0.1, 0.15) is 125 Å². The molecule has 0 unspecified atom stereocenters. The summed E-state index contributed by atoms with van der Waals surface area (Å²) >= 11 is 0. The number of methoxy groups -OCH3 is 3. The molecule has 5 aromatic rings. The van der Waals surface area contributed by atoms with E-state index in [0.717, 1.165) is 52.2 Å². The normalized spacial score (nSPS) is 28.0. The van der Waals surface area contributed by atoms with Crippen molar-refractivity contribution in [1.82, 2.24) is 20.8 Å². The van der Waals surface area contributed by atoms with Crippen molar-refractivity contribution in [2.75, 3.05) is 79.1 Å². The van der Waals surface area contributed by atoms with E-state index in [1.54, 1.807) is 57.4 Å². The predicted molar refractivity (Wildman–Crippen MR) is 378 cm³/mol. The third kappa shape index (κ3) is 14.7.